The Labute approximate surface area is 111 Å². The average Bonchev–Trinajstić information content (AvgIpc) is 2.31. The number of methoxy groups -OCH3 is 1. The molecule has 0 aliphatic rings. The van der Waals surface area contributed by atoms with E-state index < -0.39 is 0 Å². The summed E-state index contributed by atoms with van der Waals surface area (Å²) in [7, 11) is 1.72. The van der Waals surface area contributed by atoms with Gasteiger partial charge in [-0.05, 0) is 30.7 Å². The normalized spacial score (nSPS) is 10.5. The predicted octanol–water partition coefficient (Wildman–Crippen LogP) is 3.66. The molecule has 0 unspecified atom stereocenters. The van der Waals surface area contributed by atoms with Crippen LogP contribution in [0.5, 0.6) is 0 Å². The van der Waals surface area contributed by atoms with Gasteiger partial charge in [0.2, 0.25) is 0 Å². The lowest BCUT2D eigenvalue weighted by molar-refractivity contribution is 0.205. The Morgan fingerprint density at radius 3 is 2.75 bits per heavy atom. The van der Waals surface area contributed by atoms with Crippen molar-refractivity contribution in [3.63, 3.8) is 0 Å². The minimum Gasteiger partial charge on any atom is -0.383 e. The highest BCUT2D eigenvalue weighted by molar-refractivity contribution is 9.10. The van der Waals surface area contributed by atoms with Crippen LogP contribution in [0, 0.1) is 0 Å². The van der Waals surface area contributed by atoms with Crippen molar-refractivity contribution in [2.75, 3.05) is 31.7 Å². The van der Waals surface area contributed by atoms with E-state index in [-0.39, 0.29) is 0 Å². The molecule has 0 saturated heterocycles. The zero-order valence-electron chi connectivity index (χ0n) is 9.67. The molecule has 0 radical (unpaired) electrons. The molecular formula is C12H17BrClNO. The Morgan fingerprint density at radius 1 is 1.44 bits per heavy atom. The van der Waals surface area contributed by atoms with Crippen LogP contribution in [0.15, 0.2) is 22.7 Å². The number of halogens is 2. The van der Waals surface area contributed by atoms with Gasteiger partial charge in [0, 0.05) is 36.2 Å². The molecule has 0 saturated carbocycles. The fourth-order valence-electron chi connectivity index (χ4n) is 1.62. The first-order valence-corrected chi connectivity index (χ1v) is 6.64. The average molecular weight is 307 g/mol. The lowest BCUT2D eigenvalue weighted by Crippen LogP contribution is -2.27. The molecule has 1 rings (SSSR count). The topological polar surface area (TPSA) is 12.5 Å². The fraction of sp³-hybridized carbons (Fsp3) is 0.500. The molecule has 90 valence electrons. The predicted molar refractivity (Wildman–Crippen MR) is 73.5 cm³/mol. The summed E-state index contributed by atoms with van der Waals surface area (Å²) in [4.78, 5) is 2.27. The number of anilines is 1. The highest BCUT2D eigenvalue weighted by Crippen LogP contribution is 2.25. The zero-order chi connectivity index (χ0) is 12.0. The quantitative estimate of drug-likeness (QED) is 0.744. The highest BCUT2D eigenvalue weighted by atomic mass is 79.9. The van der Waals surface area contributed by atoms with Crippen LogP contribution in [0.25, 0.3) is 0 Å². The Hall–Kier alpha value is -0.250. The van der Waals surface area contributed by atoms with Crippen molar-refractivity contribution in [3.05, 3.63) is 28.2 Å². The summed E-state index contributed by atoms with van der Waals surface area (Å²) < 4.78 is 6.17. The zero-order valence-corrected chi connectivity index (χ0v) is 12.0. The van der Waals surface area contributed by atoms with Crippen LogP contribution in [0.3, 0.4) is 0 Å². The van der Waals surface area contributed by atoms with E-state index in [9.17, 15) is 0 Å². The van der Waals surface area contributed by atoms with Crippen molar-refractivity contribution in [3.8, 4) is 0 Å². The molecule has 0 fully saturated rings. The minimum absolute atomic E-state index is 0.526. The monoisotopic (exact) mass is 305 g/mol. The van der Waals surface area contributed by atoms with Gasteiger partial charge in [-0.15, -0.1) is 11.6 Å². The van der Waals surface area contributed by atoms with Crippen molar-refractivity contribution in [1.29, 1.82) is 0 Å². The van der Waals surface area contributed by atoms with Crippen LogP contribution in [0.1, 0.15) is 12.5 Å². The van der Waals surface area contributed by atoms with E-state index in [0.717, 1.165) is 29.7 Å². The highest BCUT2D eigenvalue weighted by Gasteiger charge is 2.09. The van der Waals surface area contributed by atoms with Gasteiger partial charge in [-0.1, -0.05) is 15.9 Å². The Balaban J connectivity index is 2.90. The SMILES string of the molecule is CCN(CCOC)c1ccc(Br)cc1CCl. The number of hydrogen-bond acceptors (Lipinski definition) is 2. The summed E-state index contributed by atoms with van der Waals surface area (Å²) in [6.45, 7) is 4.70. The lowest BCUT2D eigenvalue weighted by atomic mass is 10.2. The van der Waals surface area contributed by atoms with Crippen molar-refractivity contribution < 1.29 is 4.74 Å². The number of rotatable bonds is 6. The van der Waals surface area contributed by atoms with Crippen LogP contribution in [0.4, 0.5) is 5.69 Å². The summed E-state index contributed by atoms with van der Waals surface area (Å²) in [5.41, 5.74) is 2.34. The summed E-state index contributed by atoms with van der Waals surface area (Å²) >= 11 is 9.42. The molecule has 2 nitrogen and oxygen atoms in total. The number of ether oxygens (including phenoxy) is 1. The third kappa shape index (κ3) is 3.65. The van der Waals surface area contributed by atoms with Crippen LogP contribution in [0.2, 0.25) is 0 Å². The van der Waals surface area contributed by atoms with E-state index in [1.165, 1.54) is 5.69 Å². The second kappa shape index (κ2) is 7.15. The molecule has 0 heterocycles. The molecule has 0 spiro atoms. The Morgan fingerprint density at radius 2 is 2.19 bits per heavy atom. The van der Waals surface area contributed by atoms with Gasteiger partial charge in [0.1, 0.15) is 0 Å². The van der Waals surface area contributed by atoms with E-state index in [1.54, 1.807) is 7.11 Å². The molecular weight excluding hydrogens is 289 g/mol. The maximum absolute atomic E-state index is 5.96. The molecule has 4 heteroatoms. The third-order valence-corrected chi connectivity index (χ3v) is 3.25. The smallest absolute Gasteiger partial charge is 0.0637 e. The number of likely N-dealkylation sites (N-methyl/N-ethyl adjacent to an activating group) is 1. The maximum atomic E-state index is 5.96. The van der Waals surface area contributed by atoms with Crippen LogP contribution in [-0.4, -0.2) is 26.8 Å². The molecule has 0 atom stereocenters. The van der Waals surface area contributed by atoms with Gasteiger partial charge < -0.3 is 9.64 Å². The first-order chi connectivity index (χ1) is 7.72. The van der Waals surface area contributed by atoms with Gasteiger partial charge in [-0.2, -0.15) is 0 Å². The second-order valence-electron chi connectivity index (χ2n) is 3.48. The van der Waals surface area contributed by atoms with E-state index in [0.29, 0.717) is 5.88 Å². The fourth-order valence-corrected chi connectivity index (χ4v) is 2.24. The molecule has 0 aliphatic heterocycles. The van der Waals surface area contributed by atoms with Crippen molar-refractivity contribution in [2.24, 2.45) is 0 Å². The number of benzene rings is 1. The molecule has 16 heavy (non-hydrogen) atoms. The maximum Gasteiger partial charge on any atom is 0.0637 e. The molecule has 1 aromatic carbocycles. The van der Waals surface area contributed by atoms with Gasteiger partial charge in [-0.3, -0.25) is 0 Å². The van der Waals surface area contributed by atoms with Gasteiger partial charge in [-0.25, -0.2) is 0 Å². The van der Waals surface area contributed by atoms with Crippen LogP contribution in [-0.2, 0) is 10.6 Å². The van der Waals surface area contributed by atoms with Crippen molar-refractivity contribution in [1.82, 2.24) is 0 Å². The molecule has 0 N–H and O–H groups in total. The molecule has 0 aromatic heterocycles. The van der Waals surface area contributed by atoms with Gasteiger partial charge >= 0.3 is 0 Å². The Bertz CT molecular complexity index is 333. The lowest BCUT2D eigenvalue weighted by Gasteiger charge is -2.25. The van der Waals surface area contributed by atoms with Gasteiger partial charge in [0.25, 0.3) is 0 Å². The van der Waals surface area contributed by atoms with Crippen molar-refractivity contribution >= 4 is 33.2 Å². The first kappa shape index (κ1) is 13.8. The van der Waals surface area contributed by atoms with E-state index >= 15 is 0 Å². The summed E-state index contributed by atoms with van der Waals surface area (Å²) in [5, 5.41) is 0. The minimum atomic E-state index is 0.526. The Kier molecular flexibility index (Phi) is 6.17. The van der Waals surface area contributed by atoms with Gasteiger partial charge in [0.05, 0.1) is 6.61 Å². The number of alkyl halides is 1. The molecule has 1 aromatic rings. The van der Waals surface area contributed by atoms with E-state index in [1.807, 2.05) is 6.07 Å². The summed E-state index contributed by atoms with van der Waals surface area (Å²) in [6, 6.07) is 6.21. The largest absolute Gasteiger partial charge is 0.383 e. The van der Waals surface area contributed by atoms with Crippen molar-refractivity contribution in [2.45, 2.75) is 12.8 Å². The first-order valence-electron chi connectivity index (χ1n) is 5.31. The van der Waals surface area contributed by atoms with Gasteiger partial charge in [0.15, 0.2) is 0 Å². The standard InChI is InChI=1S/C12H17BrClNO/c1-3-15(6-7-16-2)12-5-4-11(13)8-10(12)9-14/h4-5,8H,3,6-7,9H2,1-2H3. The van der Waals surface area contributed by atoms with E-state index in [2.05, 4.69) is 39.9 Å². The number of nitrogens with zero attached hydrogens (tertiary/aromatic N) is 1. The van der Waals surface area contributed by atoms with Crippen LogP contribution < -0.4 is 4.90 Å². The molecule has 0 amide bonds. The molecule has 0 aliphatic carbocycles. The van der Waals surface area contributed by atoms with E-state index in [4.69, 9.17) is 16.3 Å². The second-order valence-corrected chi connectivity index (χ2v) is 4.66. The number of hydrogen-bond donors (Lipinski definition) is 0. The summed E-state index contributed by atoms with van der Waals surface area (Å²) in [5.74, 6) is 0.526. The summed E-state index contributed by atoms with van der Waals surface area (Å²) in [6.07, 6.45) is 0. The molecule has 0 bridgehead atoms. The third-order valence-electron chi connectivity index (χ3n) is 2.47. The van der Waals surface area contributed by atoms with Crippen LogP contribution >= 0.6 is 27.5 Å².